The number of halogens is 1. The fourth-order valence-electron chi connectivity index (χ4n) is 2.52. The first-order valence-corrected chi connectivity index (χ1v) is 9.23. The average molecular weight is 478 g/mol. The van der Waals surface area contributed by atoms with Crippen LogP contribution in [0.15, 0.2) is 21.7 Å². The Morgan fingerprint density at radius 2 is 1.85 bits per heavy atom. The molecule has 1 rings (SSSR count). The van der Waals surface area contributed by atoms with E-state index in [1.54, 1.807) is 13.1 Å². The smallest absolute Gasteiger partial charge is 0.287 e. The number of nitrogens with one attached hydrogen (secondary N) is 3. The molecular weight excluding hydrogens is 443 g/mol. The molecule has 0 aromatic carbocycles. The molecule has 1 atom stereocenters. The number of amides is 1. The van der Waals surface area contributed by atoms with Crippen molar-refractivity contribution in [3.63, 3.8) is 0 Å². The van der Waals surface area contributed by atoms with Gasteiger partial charge in [-0.3, -0.25) is 9.79 Å². The lowest BCUT2D eigenvalue weighted by atomic mass is 10.0. The molecule has 26 heavy (non-hydrogen) atoms. The van der Waals surface area contributed by atoms with Crippen LogP contribution in [-0.4, -0.2) is 38.0 Å². The van der Waals surface area contributed by atoms with Crippen LogP contribution in [0, 0.1) is 12.8 Å². The highest BCUT2D eigenvalue weighted by Crippen LogP contribution is 2.08. The van der Waals surface area contributed by atoms with E-state index in [0.717, 1.165) is 36.8 Å². The number of hydrogen-bond donors (Lipinski definition) is 3. The van der Waals surface area contributed by atoms with E-state index >= 15 is 0 Å². The highest BCUT2D eigenvalue weighted by atomic mass is 127. The number of furan rings is 1. The van der Waals surface area contributed by atoms with Crippen molar-refractivity contribution >= 4 is 35.8 Å². The molecule has 0 fully saturated rings. The molecule has 150 valence electrons. The van der Waals surface area contributed by atoms with Gasteiger partial charge in [0.05, 0.1) is 6.26 Å². The second-order valence-electron chi connectivity index (χ2n) is 6.91. The van der Waals surface area contributed by atoms with Gasteiger partial charge < -0.3 is 20.4 Å². The van der Waals surface area contributed by atoms with Crippen LogP contribution >= 0.6 is 24.0 Å². The van der Waals surface area contributed by atoms with Gasteiger partial charge in [-0.2, -0.15) is 0 Å². The van der Waals surface area contributed by atoms with Gasteiger partial charge in [0.15, 0.2) is 11.7 Å². The van der Waals surface area contributed by atoms with E-state index in [1.165, 1.54) is 19.1 Å². The van der Waals surface area contributed by atoms with Gasteiger partial charge in [-0.25, -0.2) is 0 Å². The standard InChI is InChI=1S/C19H34N4O2.HI/c1-14(2)8-6-9-16(4)23-19(20-5)22-12-7-11-21-18(24)17-15(3)10-13-25-17;/h10,13-14,16H,6-9,11-12H2,1-5H3,(H,21,24)(H2,20,22,23);1H. The van der Waals surface area contributed by atoms with Gasteiger partial charge in [0.2, 0.25) is 0 Å². The first-order chi connectivity index (χ1) is 11.9. The van der Waals surface area contributed by atoms with Crippen LogP contribution in [-0.2, 0) is 0 Å². The first kappa shape index (κ1) is 24.8. The molecule has 0 spiro atoms. The molecule has 0 radical (unpaired) electrons. The number of aryl methyl sites for hydroxylation is 1. The second-order valence-corrected chi connectivity index (χ2v) is 6.91. The topological polar surface area (TPSA) is 78.7 Å². The third kappa shape index (κ3) is 10.0. The summed E-state index contributed by atoms with van der Waals surface area (Å²) >= 11 is 0. The Morgan fingerprint density at radius 3 is 2.42 bits per heavy atom. The van der Waals surface area contributed by atoms with Crippen LogP contribution in [0.3, 0.4) is 0 Å². The number of hydrogen-bond acceptors (Lipinski definition) is 3. The first-order valence-electron chi connectivity index (χ1n) is 9.23. The summed E-state index contributed by atoms with van der Waals surface area (Å²) in [6, 6.07) is 2.18. The Morgan fingerprint density at radius 1 is 1.15 bits per heavy atom. The van der Waals surface area contributed by atoms with E-state index in [-0.39, 0.29) is 29.9 Å². The Kier molecular flexibility index (Phi) is 13.2. The molecule has 0 aliphatic rings. The molecular formula is C19H35IN4O2. The van der Waals surface area contributed by atoms with Gasteiger partial charge in [-0.05, 0) is 38.7 Å². The Balaban J connectivity index is 0.00000625. The van der Waals surface area contributed by atoms with Crippen molar-refractivity contribution in [3.05, 3.63) is 23.7 Å². The summed E-state index contributed by atoms with van der Waals surface area (Å²) in [6.07, 6.45) is 5.96. The third-order valence-corrected chi connectivity index (χ3v) is 4.03. The van der Waals surface area contributed by atoms with Crippen molar-refractivity contribution in [3.8, 4) is 0 Å². The zero-order valence-corrected chi connectivity index (χ0v) is 19.1. The quantitative estimate of drug-likeness (QED) is 0.207. The van der Waals surface area contributed by atoms with Gasteiger partial charge >= 0.3 is 0 Å². The number of nitrogens with zero attached hydrogens (tertiary/aromatic N) is 1. The van der Waals surface area contributed by atoms with E-state index < -0.39 is 0 Å². The summed E-state index contributed by atoms with van der Waals surface area (Å²) in [7, 11) is 1.78. The Bertz CT molecular complexity index is 543. The van der Waals surface area contributed by atoms with Crippen LogP contribution in [0.4, 0.5) is 0 Å². The van der Waals surface area contributed by atoms with Crippen molar-refractivity contribution in [2.75, 3.05) is 20.1 Å². The van der Waals surface area contributed by atoms with E-state index in [0.29, 0.717) is 18.3 Å². The minimum absolute atomic E-state index is 0. The van der Waals surface area contributed by atoms with Gasteiger partial charge in [0.25, 0.3) is 5.91 Å². The summed E-state index contributed by atoms with van der Waals surface area (Å²) in [5.41, 5.74) is 0.853. The van der Waals surface area contributed by atoms with E-state index in [1.807, 2.05) is 6.92 Å². The highest BCUT2D eigenvalue weighted by Gasteiger charge is 2.11. The predicted octanol–water partition coefficient (Wildman–Crippen LogP) is 3.71. The fourth-order valence-corrected chi connectivity index (χ4v) is 2.52. The summed E-state index contributed by atoms with van der Waals surface area (Å²) in [6.45, 7) is 9.88. The lowest BCUT2D eigenvalue weighted by molar-refractivity contribution is 0.0925. The summed E-state index contributed by atoms with van der Waals surface area (Å²) < 4.78 is 5.17. The summed E-state index contributed by atoms with van der Waals surface area (Å²) in [5, 5.41) is 9.55. The van der Waals surface area contributed by atoms with Crippen LogP contribution in [0.5, 0.6) is 0 Å². The summed E-state index contributed by atoms with van der Waals surface area (Å²) in [4.78, 5) is 16.2. The molecule has 3 N–H and O–H groups in total. The minimum atomic E-state index is -0.163. The Hall–Kier alpha value is -1.25. The summed E-state index contributed by atoms with van der Waals surface area (Å²) in [5.74, 6) is 1.79. The molecule has 1 amide bonds. The molecule has 1 aromatic heterocycles. The van der Waals surface area contributed by atoms with Gasteiger partial charge in [0, 0.05) is 31.7 Å². The van der Waals surface area contributed by atoms with Crippen LogP contribution in [0.2, 0.25) is 0 Å². The largest absolute Gasteiger partial charge is 0.459 e. The average Bonchev–Trinajstić information content (AvgIpc) is 2.99. The lowest BCUT2D eigenvalue weighted by Gasteiger charge is -2.18. The number of carbonyl (C=O) groups excluding carboxylic acids is 1. The molecule has 6 nitrogen and oxygen atoms in total. The lowest BCUT2D eigenvalue weighted by Crippen LogP contribution is -2.43. The molecule has 0 saturated carbocycles. The molecule has 0 aliphatic heterocycles. The monoisotopic (exact) mass is 478 g/mol. The van der Waals surface area contributed by atoms with Crippen LogP contribution < -0.4 is 16.0 Å². The molecule has 1 heterocycles. The van der Waals surface area contributed by atoms with Crippen molar-refractivity contribution in [2.45, 2.75) is 59.4 Å². The molecule has 0 saturated heterocycles. The SMILES string of the molecule is CN=C(NCCCNC(=O)c1occc1C)NC(C)CCCC(C)C.I. The second kappa shape index (κ2) is 13.9. The maximum atomic E-state index is 11.9. The molecule has 1 unspecified atom stereocenters. The van der Waals surface area contributed by atoms with Gasteiger partial charge in [-0.15, -0.1) is 24.0 Å². The minimum Gasteiger partial charge on any atom is -0.459 e. The number of rotatable bonds is 10. The molecule has 1 aromatic rings. The zero-order chi connectivity index (χ0) is 18.7. The van der Waals surface area contributed by atoms with Crippen molar-refractivity contribution < 1.29 is 9.21 Å². The van der Waals surface area contributed by atoms with E-state index in [2.05, 4.69) is 41.7 Å². The predicted molar refractivity (Wildman–Crippen MR) is 118 cm³/mol. The van der Waals surface area contributed by atoms with Crippen molar-refractivity contribution in [1.82, 2.24) is 16.0 Å². The number of carbonyl (C=O) groups is 1. The molecule has 7 heteroatoms. The van der Waals surface area contributed by atoms with Gasteiger partial charge in [0.1, 0.15) is 0 Å². The van der Waals surface area contributed by atoms with E-state index in [9.17, 15) is 4.79 Å². The maximum Gasteiger partial charge on any atom is 0.287 e. The van der Waals surface area contributed by atoms with Gasteiger partial charge in [-0.1, -0.05) is 26.7 Å². The van der Waals surface area contributed by atoms with E-state index in [4.69, 9.17) is 4.42 Å². The third-order valence-electron chi connectivity index (χ3n) is 4.03. The number of aliphatic imine (C=N–C) groups is 1. The van der Waals surface area contributed by atoms with Crippen LogP contribution in [0.1, 0.15) is 62.6 Å². The highest BCUT2D eigenvalue weighted by molar-refractivity contribution is 14.0. The maximum absolute atomic E-state index is 11.9. The zero-order valence-electron chi connectivity index (χ0n) is 16.7. The van der Waals surface area contributed by atoms with Crippen molar-refractivity contribution in [1.29, 1.82) is 0 Å². The molecule has 0 bridgehead atoms. The fraction of sp³-hybridized carbons (Fsp3) is 0.684. The van der Waals surface area contributed by atoms with Crippen LogP contribution in [0.25, 0.3) is 0 Å². The normalized spacial score (nSPS) is 12.5. The molecule has 0 aliphatic carbocycles. The van der Waals surface area contributed by atoms with Crippen molar-refractivity contribution in [2.24, 2.45) is 10.9 Å². The number of guanidine groups is 1. The Labute approximate surface area is 175 Å².